The quantitative estimate of drug-likeness (QED) is 0.435. The number of aliphatic carboxylic acids is 2. The second-order valence-corrected chi connectivity index (χ2v) is 2.41. The summed E-state index contributed by atoms with van der Waals surface area (Å²) < 4.78 is 7.92. The Morgan fingerprint density at radius 3 is 1.05 bits per heavy atom. The van der Waals surface area contributed by atoms with Crippen LogP contribution in [0.3, 0.4) is 0 Å². The first-order chi connectivity index (χ1) is 9.17. The molecule has 0 fully saturated rings. The van der Waals surface area contributed by atoms with E-state index in [9.17, 15) is 19.2 Å². The Labute approximate surface area is 113 Å². The van der Waals surface area contributed by atoms with Crippen molar-refractivity contribution in [3.05, 3.63) is 12.2 Å². The number of hydrogen-bond acceptors (Lipinski definition) is 6. The van der Waals surface area contributed by atoms with Gasteiger partial charge in [0.2, 0.25) is 0 Å². The van der Waals surface area contributed by atoms with Gasteiger partial charge >= 0.3 is 24.2 Å². The van der Waals surface area contributed by atoms with E-state index in [1.54, 1.807) is 13.8 Å². The molecular formula is C10H16O10. The molecule has 0 atom stereocenters. The van der Waals surface area contributed by atoms with Crippen molar-refractivity contribution in [3.8, 4) is 0 Å². The van der Waals surface area contributed by atoms with Gasteiger partial charge in [0.25, 0.3) is 0 Å². The summed E-state index contributed by atoms with van der Waals surface area (Å²) >= 11 is 0. The summed E-state index contributed by atoms with van der Waals surface area (Å²) in [6.07, 6.45) is -1.31. The van der Waals surface area contributed by atoms with Gasteiger partial charge in [0, 0.05) is 12.2 Å². The zero-order chi connectivity index (χ0) is 16.6. The van der Waals surface area contributed by atoms with E-state index in [0.29, 0.717) is 12.2 Å². The summed E-state index contributed by atoms with van der Waals surface area (Å²) in [6.45, 7) is 3.70. The molecule has 0 aliphatic rings. The largest absolute Gasteiger partial charge is 0.505 e. The normalized spacial score (nSPS) is 8.30. The third-order valence-electron chi connectivity index (χ3n) is 0.904. The fourth-order valence-electron chi connectivity index (χ4n) is 0.390. The van der Waals surface area contributed by atoms with Crippen LogP contribution in [0, 0.1) is 0 Å². The zero-order valence-electron chi connectivity index (χ0n) is 10.8. The molecule has 0 rings (SSSR count). The van der Waals surface area contributed by atoms with Gasteiger partial charge in [-0.15, -0.1) is 0 Å². The van der Waals surface area contributed by atoms with Crippen LogP contribution in [0.15, 0.2) is 12.2 Å². The molecule has 0 amide bonds. The lowest BCUT2D eigenvalue weighted by Crippen LogP contribution is -1.97. The Morgan fingerprint density at radius 1 is 0.750 bits per heavy atom. The molecule has 0 unspecified atom stereocenters. The molecule has 0 aromatic heterocycles. The lowest BCUT2D eigenvalue weighted by molar-refractivity contribution is -0.134. The minimum atomic E-state index is -1.26. The Hall–Kier alpha value is -2.78. The molecule has 0 saturated carbocycles. The molecule has 0 spiro atoms. The van der Waals surface area contributed by atoms with Crippen molar-refractivity contribution in [1.29, 1.82) is 0 Å². The van der Waals surface area contributed by atoms with E-state index in [-0.39, 0.29) is 13.2 Å². The van der Waals surface area contributed by atoms with Crippen LogP contribution in [0.25, 0.3) is 0 Å². The number of carboxylic acids is 2. The van der Waals surface area contributed by atoms with Gasteiger partial charge in [-0.05, 0) is 13.8 Å². The van der Waals surface area contributed by atoms with Gasteiger partial charge < -0.3 is 29.9 Å². The highest BCUT2D eigenvalue weighted by Crippen LogP contribution is 1.71. The lowest BCUT2D eigenvalue weighted by atomic mass is 10.5. The monoisotopic (exact) mass is 296 g/mol. The molecule has 20 heavy (non-hydrogen) atoms. The summed E-state index contributed by atoms with van der Waals surface area (Å²) in [5, 5.41) is 31.0. The standard InChI is InChI=1S/C4H4O4.2C3H6O3/c5-3(6)1-2-4(7)8;2*1-2-6-3(4)5/h1-2H,(H,5,6)(H,7,8);2*2H2,1H3,(H,4,5)/b2-1+;;. The Bertz CT molecular complexity index is 301. The minimum Gasteiger partial charge on any atom is -0.478 e. The van der Waals surface area contributed by atoms with E-state index in [2.05, 4.69) is 9.47 Å². The minimum absolute atomic E-state index is 0.231. The molecule has 116 valence electrons. The summed E-state index contributed by atoms with van der Waals surface area (Å²) in [7, 11) is 0. The highest BCUT2D eigenvalue weighted by molar-refractivity contribution is 5.89. The van der Waals surface area contributed by atoms with Crippen molar-refractivity contribution in [2.75, 3.05) is 13.2 Å². The van der Waals surface area contributed by atoms with Crippen LogP contribution in [0.1, 0.15) is 13.8 Å². The van der Waals surface area contributed by atoms with Crippen molar-refractivity contribution in [3.63, 3.8) is 0 Å². The van der Waals surface area contributed by atoms with E-state index in [0.717, 1.165) is 0 Å². The van der Waals surface area contributed by atoms with Crippen LogP contribution in [-0.4, -0.2) is 57.9 Å². The summed E-state index contributed by atoms with van der Waals surface area (Å²) in [4.78, 5) is 37.9. The molecule has 0 saturated heterocycles. The number of ether oxygens (including phenoxy) is 2. The molecule has 0 aromatic rings. The van der Waals surface area contributed by atoms with Gasteiger partial charge in [0.15, 0.2) is 0 Å². The second kappa shape index (κ2) is 16.2. The number of rotatable bonds is 4. The average molecular weight is 296 g/mol. The zero-order valence-corrected chi connectivity index (χ0v) is 10.8. The summed E-state index contributed by atoms with van der Waals surface area (Å²) in [6, 6.07) is 0. The van der Waals surface area contributed by atoms with Crippen LogP contribution >= 0.6 is 0 Å². The van der Waals surface area contributed by atoms with Gasteiger partial charge in [0.05, 0.1) is 13.2 Å². The molecule has 0 aromatic carbocycles. The molecule has 0 heterocycles. The second-order valence-electron chi connectivity index (χ2n) is 2.41. The van der Waals surface area contributed by atoms with E-state index in [1.165, 1.54) is 0 Å². The maximum Gasteiger partial charge on any atom is 0.505 e. The predicted molar refractivity (Wildman–Crippen MR) is 63.7 cm³/mol. The van der Waals surface area contributed by atoms with E-state index < -0.39 is 24.2 Å². The van der Waals surface area contributed by atoms with Crippen LogP contribution in [0.4, 0.5) is 9.59 Å². The highest BCUT2D eigenvalue weighted by atomic mass is 16.7. The molecule has 0 bridgehead atoms. The van der Waals surface area contributed by atoms with Crippen molar-refractivity contribution >= 4 is 24.2 Å². The topological polar surface area (TPSA) is 168 Å². The van der Waals surface area contributed by atoms with Crippen LogP contribution in [0.5, 0.6) is 0 Å². The third-order valence-corrected chi connectivity index (χ3v) is 0.904. The molecular weight excluding hydrogens is 280 g/mol. The number of carboxylic acid groups (broad SMARTS) is 4. The van der Waals surface area contributed by atoms with Gasteiger partial charge in [-0.2, -0.15) is 0 Å². The lowest BCUT2D eigenvalue weighted by Gasteiger charge is -1.87. The maximum atomic E-state index is 9.55. The van der Waals surface area contributed by atoms with Gasteiger partial charge in [-0.1, -0.05) is 0 Å². The number of hydrogen-bond donors (Lipinski definition) is 4. The first-order valence-electron chi connectivity index (χ1n) is 5.02. The third kappa shape index (κ3) is 45.5. The molecule has 0 radical (unpaired) electrons. The van der Waals surface area contributed by atoms with Gasteiger partial charge in [0.1, 0.15) is 0 Å². The van der Waals surface area contributed by atoms with Crippen LogP contribution in [-0.2, 0) is 19.1 Å². The van der Waals surface area contributed by atoms with E-state index in [1.807, 2.05) is 0 Å². The van der Waals surface area contributed by atoms with Gasteiger partial charge in [-0.25, -0.2) is 19.2 Å². The van der Waals surface area contributed by atoms with Crippen molar-refractivity contribution in [2.24, 2.45) is 0 Å². The first-order valence-corrected chi connectivity index (χ1v) is 5.02. The first kappa shape index (κ1) is 22.4. The Kier molecular flexibility index (Phi) is 18.2. The SMILES string of the molecule is CCOC(=O)O.CCOC(=O)O.O=C(O)/C=C/C(=O)O. The van der Waals surface area contributed by atoms with Crippen LogP contribution in [0.2, 0.25) is 0 Å². The van der Waals surface area contributed by atoms with Crippen molar-refractivity contribution in [1.82, 2.24) is 0 Å². The smallest absolute Gasteiger partial charge is 0.478 e. The van der Waals surface area contributed by atoms with Crippen molar-refractivity contribution in [2.45, 2.75) is 13.8 Å². The summed E-state index contributed by atoms with van der Waals surface area (Å²) in [5.74, 6) is -2.51. The molecule has 10 heteroatoms. The summed E-state index contributed by atoms with van der Waals surface area (Å²) in [5.41, 5.74) is 0. The highest BCUT2D eigenvalue weighted by Gasteiger charge is 1.88. The van der Waals surface area contributed by atoms with E-state index >= 15 is 0 Å². The van der Waals surface area contributed by atoms with Crippen LogP contribution < -0.4 is 0 Å². The maximum absolute atomic E-state index is 9.55. The Morgan fingerprint density at radius 2 is 1.00 bits per heavy atom. The molecule has 0 aliphatic heterocycles. The number of carbonyl (C=O) groups is 4. The molecule has 10 nitrogen and oxygen atoms in total. The fraction of sp³-hybridized carbons (Fsp3) is 0.400. The van der Waals surface area contributed by atoms with Crippen molar-refractivity contribution < 1.29 is 49.1 Å². The Balaban J connectivity index is -0.000000221. The van der Waals surface area contributed by atoms with E-state index in [4.69, 9.17) is 20.4 Å². The molecule has 0 aliphatic carbocycles. The molecule has 4 N–H and O–H groups in total. The predicted octanol–water partition coefficient (Wildman–Crippen LogP) is 1.11. The van der Waals surface area contributed by atoms with Gasteiger partial charge in [-0.3, -0.25) is 0 Å². The fourth-order valence-corrected chi connectivity index (χ4v) is 0.390. The average Bonchev–Trinajstić information content (AvgIpc) is 2.27.